The van der Waals surface area contributed by atoms with Crippen molar-refractivity contribution >= 4 is 18.8 Å². The maximum atomic E-state index is 11.1. The molecule has 0 heterocycles. The van der Waals surface area contributed by atoms with Crippen molar-refractivity contribution in [1.82, 2.24) is 0 Å². The highest BCUT2D eigenvalue weighted by Gasteiger charge is 2.27. The van der Waals surface area contributed by atoms with E-state index in [1.165, 1.54) is 0 Å². The van der Waals surface area contributed by atoms with Crippen LogP contribution < -0.4 is 0 Å². The second-order valence-electron chi connectivity index (χ2n) is 2.48. The van der Waals surface area contributed by atoms with Gasteiger partial charge in [-0.25, -0.2) is 0 Å². The van der Waals surface area contributed by atoms with E-state index < -0.39 is 8.32 Å². The second-order valence-corrected chi connectivity index (χ2v) is 6.97. The van der Waals surface area contributed by atoms with E-state index in [1.807, 2.05) is 6.92 Å². The molecular weight excluding hydrogens is 136 g/mol. The summed E-state index contributed by atoms with van der Waals surface area (Å²) in [6.07, 6.45) is 0. The molecule has 0 saturated carbocycles. The van der Waals surface area contributed by atoms with E-state index in [-0.39, 0.29) is 5.73 Å². The minimum Gasteiger partial charge on any atom is -0.425 e. The highest BCUT2D eigenvalue weighted by atomic mass is 28.4. The number of rotatable bonds is 2. The monoisotopic (exact) mass is 149 g/mol. The molecule has 0 aliphatic rings. The third-order valence-corrected chi connectivity index (χ3v) is 4.70. The minimum atomic E-state index is -2.20. The maximum Gasteiger partial charge on any atom is 0.257 e. The summed E-state index contributed by atoms with van der Waals surface area (Å²) in [5, 5.41) is 0. The van der Waals surface area contributed by atoms with Crippen LogP contribution in [0.3, 0.4) is 0 Å². The van der Waals surface area contributed by atoms with Gasteiger partial charge in [0.15, 0.2) is 0 Å². The minimum absolute atomic E-state index is 0.00540. The van der Waals surface area contributed by atoms with Crippen LogP contribution in [0.1, 0.15) is 6.92 Å². The van der Waals surface area contributed by atoms with Crippen molar-refractivity contribution < 1.29 is 9.22 Å². The average molecular weight is 149 g/mol. The molecule has 0 N–H and O–H groups in total. The van der Waals surface area contributed by atoms with Gasteiger partial charge in [-0.05, 0) is 20.0 Å². The zero-order valence-electron chi connectivity index (χ0n) is 5.89. The van der Waals surface area contributed by atoms with Crippen LogP contribution in [0.5, 0.6) is 0 Å². The number of hydrogen-bond acceptors (Lipinski definition) is 1. The lowest BCUT2D eigenvalue weighted by Crippen LogP contribution is -2.39. The first kappa shape index (κ1) is 8.35. The largest absolute Gasteiger partial charge is 0.425 e. The Kier molecular flexibility index (Phi) is 2.89. The lowest BCUT2D eigenvalue weighted by molar-refractivity contribution is 0.268. The Hall–Kier alpha value is 0.354. The molecular formula is C4H13O2Si2. The second kappa shape index (κ2) is 2.77. The van der Waals surface area contributed by atoms with E-state index in [2.05, 4.69) is 0 Å². The zero-order valence-corrected chi connectivity index (χ0v) is 8.89. The third-order valence-electron chi connectivity index (χ3n) is 1.33. The van der Waals surface area contributed by atoms with Crippen LogP contribution in [0.4, 0.5) is 0 Å². The van der Waals surface area contributed by atoms with Crippen LogP contribution in [0.15, 0.2) is 0 Å². The summed E-state index contributed by atoms with van der Waals surface area (Å²) in [6.45, 7) is 5.41. The van der Waals surface area contributed by atoms with Crippen molar-refractivity contribution in [1.29, 1.82) is 0 Å². The van der Waals surface area contributed by atoms with Gasteiger partial charge in [-0.15, -0.1) is 0 Å². The van der Waals surface area contributed by atoms with Gasteiger partial charge in [0.1, 0.15) is 10.5 Å². The Balaban J connectivity index is 3.62. The van der Waals surface area contributed by atoms with Gasteiger partial charge in [0.25, 0.3) is 8.32 Å². The molecule has 49 valence electrons. The van der Waals surface area contributed by atoms with Crippen LogP contribution in [-0.2, 0) is 9.22 Å². The van der Waals surface area contributed by atoms with Crippen LogP contribution in [0, 0.1) is 0 Å². The summed E-state index contributed by atoms with van der Waals surface area (Å²) in [5.74, 6) is 0. The molecule has 0 aromatic rings. The van der Waals surface area contributed by atoms with E-state index in [0.29, 0.717) is 10.5 Å². The van der Waals surface area contributed by atoms with Crippen molar-refractivity contribution in [3.8, 4) is 0 Å². The SMILES string of the molecule is CC(O[SiH3])[Si](C)(C)[O]. The van der Waals surface area contributed by atoms with Crippen LogP contribution >= 0.6 is 0 Å². The first-order valence-corrected chi connectivity index (χ1v) is 6.52. The van der Waals surface area contributed by atoms with Gasteiger partial charge in [0, 0.05) is 0 Å². The molecule has 0 aliphatic heterocycles. The average Bonchev–Trinajstić information content (AvgIpc) is 1.62. The summed E-state index contributed by atoms with van der Waals surface area (Å²) in [5.41, 5.74) is -0.00540. The van der Waals surface area contributed by atoms with Gasteiger partial charge in [0.05, 0.1) is 5.73 Å². The summed E-state index contributed by atoms with van der Waals surface area (Å²) in [6, 6.07) is 0. The molecule has 8 heavy (non-hydrogen) atoms. The van der Waals surface area contributed by atoms with Crippen molar-refractivity contribution in [2.45, 2.75) is 25.7 Å². The summed E-state index contributed by atoms with van der Waals surface area (Å²) < 4.78 is 5.00. The Morgan fingerprint density at radius 2 is 2.00 bits per heavy atom. The van der Waals surface area contributed by atoms with Gasteiger partial charge in [0.2, 0.25) is 0 Å². The van der Waals surface area contributed by atoms with Gasteiger partial charge < -0.3 is 4.43 Å². The van der Waals surface area contributed by atoms with Gasteiger partial charge in [-0.1, -0.05) is 0 Å². The standard InChI is InChI=1S/C4H13O2Si2/c1-4(6-7)8(2,3)5/h4H,1-3,7H3. The quantitative estimate of drug-likeness (QED) is 0.502. The summed E-state index contributed by atoms with van der Waals surface area (Å²) >= 11 is 0. The highest BCUT2D eigenvalue weighted by Crippen LogP contribution is 2.05. The molecule has 0 fully saturated rings. The highest BCUT2D eigenvalue weighted by molar-refractivity contribution is 6.70. The van der Waals surface area contributed by atoms with E-state index in [0.717, 1.165) is 0 Å². The summed E-state index contributed by atoms with van der Waals surface area (Å²) in [4.78, 5) is 11.1. The van der Waals surface area contributed by atoms with E-state index >= 15 is 0 Å². The third kappa shape index (κ3) is 2.61. The Labute approximate surface area is 54.5 Å². The van der Waals surface area contributed by atoms with Crippen LogP contribution in [0.25, 0.3) is 0 Å². The fourth-order valence-corrected chi connectivity index (χ4v) is 2.55. The molecule has 0 aliphatic carbocycles. The fourth-order valence-electron chi connectivity index (χ4n) is 0.284. The molecule has 0 aromatic carbocycles. The summed E-state index contributed by atoms with van der Waals surface area (Å²) in [7, 11) is -1.51. The topological polar surface area (TPSA) is 29.1 Å². The molecule has 1 radical (unpaired) electrons. The molecule has 0 spiro atoms. The van der Waals surface area contributed by atoms with Gasteiger partial charge >= 0.3 is 0 Å². The van der Waals surface area contributed by atoms with E-state index in [1.54, 1.807) is 13.1 Å². The predicted molar refractivity (Wildman–Crippen MR) is 38.7 cm³/mol. The van der Waals surface area contributed by atoms with Crippen molar-refractivity contribution in [3.05, 3.63) is 0 Å². The molecule has 1 atom stereocenters. The van der Waals surface area contributed by atoms with Crippen LogP contribution in [0.2, 0.25) is 13.1 Å². The lowest BCUT2D eigenvalue weighted by atomic mass is 10.9. The first-order chi connectivity index (χ1) is 3.48. The molecule has 2 nitrogen and oxygen atoms in total. The molecule has 0 bridgehead atoms. The predicted octanol–water partition coefficient (Wildman–Crippen LogP) is -0.153. The van der Waals surface area contributed by atoms with Gasteiger partial charge in [-0.3, -0.25) is 4.80 Å². The Morgan fingerprint density at radius 1 is 1.62 bits per heavy atom. The smallest absolute Gasteiger partial charge is 0.257 e. The first-order valence-electron chi connectivity index (χ1n) is 2.71. The molecule has 0 saturated heterocycles. The molecule has 0 aromatic heterocycles. The molecule has 4 heteroatoms. The molecule has 1 unspecified atom stereocenters. The van der Waals surface area contributed by atoms with E-state index in [9.17, 15) is 4.80 Å². The van der Waals surface area contributed by atoms with Crippen molar-refractivity contribution in [2.75, 3.05) is 0 Å². The molecule has 0 amide bonds. The molecule has 0 rings (SSSR count). The van der Waals surface area contributed by atoms with E-state index in [4.69, 9.17) is 4.43 Å². The van der Waals surface area contributed by atoms with Crippen molar-refractivity contribution in [3.63, 3.8) is 0 Å². The fraction of sp³-hybridized carbons (Fsp3) is 1.00. The number of hydrogen-bond donors (Lipinski definition) is 0. The zero-order chi connectivity index (χ0) is 6.78. The van der Waals surface area contributed by atoms with Gasteiger partial charge in [-0.2, -0.15) is 0 Å². The van der Waals surface area contributed by atoms with Crippen molar-refractivity contribution in [2.24, 2.45) is 0 Å². The normalized spacial score (nSPS) is 16.5. The lowest BCUT2D eigenvalue weighted by Gasteiger charge is -2.18. The maximum absolute atomic E-state index is 11.1. The van der Waals surface area contributed by atoms with Crippen LogP contribution in [-0.4, -0.2) is 24.5 Å². The Bertz CT molecular complexity index is 68.9. The Morgan fingerprint density at radius 3 is 2.00 bits per heavy atom.